The van der Waals surface area contributed by atoms with Crippen LogP contribution in [0.15, 0.2) is 24.4 Å². The van der Waals surface area contributed by atoms with E-state index in [9.17, 15) is 4.79 Å². The van der Waals surface area contributed by atoms with Crippen molar-refractivity contribution in [1.82, 2.24) is 19.9 Å². The Morgan fingerprint density at radius 1 is 1.24 bits per heavy atom. The zero-order chi connectivity index (χ0) is 17.8. The van der Waals surface area contributed by atoms with Gasteiger partial charge in [0.25, 0.3) is 0 Å². The minimum absolute atomic E-state index is 0.0177. The van der Waals surface area contributed by atoms with Crippen molar-refractivity contribution < 1.29 is 4.79 Å². The number of alkyl halides is 1. The topological polar surface area (TPSA) is 71.0 Å². The van der Waals surface area contributed by atoms with Crippen LogP contribution in [0.2, 0.25) is 0 Å². The van der Waals surface area contributed by atoms with Crippen LogP contribution in [0.4, 0.5) is 11.8 Å². The summed E-state index contributed by atoms with van der Waals surface area (Å²) in [7, 11) is 0. The predicted octanol–water partition coefficient (Wildman–Crippen LogP) is 3.18. The molecule has 0 aromatic carbocycles. The molecule has 0 aliphatic carbocycles. The van der Waals surface area contributed by atoms with E-state index in [0.29, 0.717) is 11.9 Å². The first kappa shape index (κ1) is 17.6. The molecular weight excluding hydrogens is 338 g/mol. The van der Waals surface area contributed by atoms with Crippen LogP contribution in [0.1, 0.15) is 35.7 Å². The largest absolute Gasteiger partial charge is 0.342 e. The van der Waals surface area contributed by atoms with E-state index in [1.54, 1.807) is 6.20 Å². The average Bonchev–Trinajstić information content (AvgIpc) is 2.60. The Morgan fingerprint density at radius 2 is 1.92 bits per heavy atom. The number of hydrogen-bond acceptors (Lipinski definition) is 5. The Hall–Kier alpha value is -2.21. The lowest BCUT2D eigenvalue weighted by molar-refractivity contribution is -0.129. The van der Waals surface area contributed by atoms with Gasteiger partial charge in [-0.05, 0) is 56.4 Å². The van der Waals surface area contributed by atoms with E-state index < -0.39 is 0 Å². The highest BCUT2D eigenvalue weighted by molar-refractivity contribution is 6.27. The van der Waals surface area contributed by atoms with Gasteiger partial charge in [0.1, 0.15) is 11.7 Å². The van der Waals surface area contributed by atoms with Crippen LogP contribution in [0.3, 0.4) is 0 Å². The normalized spacial score (nSPS) is 15.2. The fourth-order valence-electron chi connectivity index (χ4n) is 3.21. The molecule has 1 fully saturated rings. The second kappa shape index (κ2) is 7.78. The highest BCUT2D eigenvalue weighted by Gasteiger charge is 2.23. The van der Waals surface area contributed by atoms with Gasteiger partial charge in [-0.15, -0.1) is 11.6 Å². The molecule has 1 saturated heterocycles. The number of aromatic nitrogens is 3. The molecule has 0 saturated carbocycles. The molecule has 0 atom stereocenters. The number of piperidine rings is 1. The molecule has 7 heteroatoms. The van der Waals surface area contributed by atoms with E-state index in [2.05, 4.69) is 20.3 Å². The summed E-state index contributed by atoms with van der Waals surface area (Å²) in [6, 6.07) is 6.02. The van der Waals surface area contributed by atoms with Crippen LogP contribution in [0.5, 0.6) is 0 Å². The summed E-state index contributed by atoms with van der Waals surface area (Å²) in [5.74, 6) is 1.79. The number of carbonyl (C=O) groups excluding carboxylic acids is 1. The molecule has 132 valence electrons. The molecule has 0 bridgehead atoms. The van der Waals surface area contributed by atoms with E-state index in [-0.39, 0.29) is 11.8 Å². The average molecular weight is 360 g/mol. The van der Waals surface area contributed by atoms with Crippen LogP contribution in [-0.2, 0) is 4.79 Å². The summed E-state index contributed by atoms with van der Waals surface area (Å²) in [6.07, 6.45) is 3.68. The van der Waals surface area contributed by atoms with Gasteiger partial charge in [-0.3, -0.25) is 4.79 Å². The first-order valence-electron chi connectivity index (χ1n) is 8.44. The van der Waals surface area contributed by atoms with Gasteiger partial charge in [0.2, 0.25) is 11.9 Å². The van der Waals surface area contributed by atoms with Crippen LogP contribution in [0.25, 0.3) is 0 Å². The maximum atomic E-state index is 11.7. The van der Waals surface area contributed by atoms with Crippen molar-refractivity contribution in [3.63, 3.8) is 0 Å². The Kier molecular flexibility index (Phi) is 5.48. The number of pyridine rings is 1. The molecule has 0 unspecified atom stereocenters. The Bertz CT molecular complexity index is 739. The molecule has 2 aromatic heterocycles. The second-order valence-corrected chi connectivity index (χ2v) is 6.63. The van der Waals surface area contributed by atoms with Gasteiger partial charge in [-0.25, -0.2) is 15.0 Å². The van der Waals surface area contributed by atoms with E-state index in [1.165, 1.54) is 5.56 Å². The first-order valence-corrected chi connectivity index (χ1v) is 8.97. The molecule has 3 rings (SSSR count). The van der Waals surface area contributed by atoms with Crippen molar-refractivity contribution in [2.75, 3.05) is 24.3 Å². The van der Waals surface area contributed by atoms with Gasteiger partial charge in [0.05, 0.1) is 0 Å². The lowest BCUT2D eigenvalue weighted by atomic mass is 9.90. The van der Waals surface area contributed by atoms with Crippen molar-refractivity contribution in [3.8, 4) is 0 Å². The third-order valence-corrected chi connectivity index (χ3v) is 4.67. The first-order chi connectivity index (χ1) is 12.0. The molecule has 0 radical (unpaired) electrons. The van der Waals surface area contributed by atoms with Crippen LogP contribution < -0.4 is 5.32 Å². The maximum Gasteiger partial charge on any atom is 0.237 e. The van der Waals surface area contributed by atoms with Crippen LogP contribution in [0, 0.1) is 13.8 Å². The SMILES string of the molecule is Cc1cc(C)nc(Nc2cc(C3CCN(C(=O)CCl)CC3)ccn2)n1. The molecule has 1 aliphatic heterocycles. The fraction of sp³-hybridized carbons (Fsp3) is 0.444. The van der Waals surface area contributed by atoms with Gasteiger partial charge < -0.3 is 10.2 Å². The van der Waals surface area contributed by atoms with E-state index in [4.69, 9.17) is 11.6 Å². The molecule has 1 N–H and O–H groups in total. The van der Waals surface area contributed by atoms with Crippen LogP contribution in [-0.4, -0.2) is 44.7 Å². The number of carbonyl (C=O) groups is 1. The van der Waals surface area contributed by atoms with Gasteiger partial charge >= 0.3 is 0 Å². The zero-order valence-corrected chi connectivity index (χ0v) is 15.3. The highest BCUT2D eigenvalue weighted by atomic mass is 35.5. The summed E-state index contributed by atoms with van der Waals surface area (Å²) < 4.78 is 0. The minimum atomic E-state index is 0.0177. The van der Waals surface area contributed by atoms with Crippen molar-refractivity contribution in [2.45, 2.75) is 32.6 Å². The highest BCUT2D eigenvalue weighted by Crippen LogP contribution is 2.29. The number of aryl methyl sites for hydroxylation is 2. The lowest BCUT2D eigenvalue weighted by Gasteiger charge is -2.32. The number of halogens is 1. The summed E-state index contributed by atoms with van der Waals surface area (Å²) in [5, 5.41) is 3.19. The summed E-state index contributed by atoms with van der Waals surface area (Å²) >= 11 is 5.64. The number of amides is 1. The fourth-order valence-corrected chi connectivity index (χ4v) is 3.38. The Balaban J connectivity index is 1.69. The molecule has 25 heavy (non-hydrogen) atoms. The maximum absolute atomic E-state index is 11.7. The predicted molar refractivity (Wildman–Crippen MR) is 98.3 cm³/mol. The Labute approximate surface area is 152 Å². The molecular formula is C18H22ClN5O. The quantitative estimate of drug-likeness (QED) is 0.849. The Morgan fingerprint density at radius 3 is 2.56 bits per heavy atom. The molecule has 1 amide bonds. The van der Waals surface area contributed by atoms with Gasteiger partial charge in [-0.1, -0.05) is 0 Å². The van der Waals surface area contributed by atoms with Crippen LogP contribution >= 0.6 is 11.6 Å². The van der Waals surface area contributed by atoms with E-state index in [1.807, 2.05) is 36.9 Å². The van der Waals surface area contributed by atoms with Crippen molar-refractivity contribution >= 4 is 29.3 Å². The third kappa shape index (κ3) is 4.45. The van der Waals surface area contributed by atoms with Crippen molar-refractivity contribution in [2.24, 2.45) is 0 Å². The molecule has 2 aromatic rings. The van der Waals surface area contributed by atoms with E-state index in [0.717, 1.165) is 43.1 Å². The van der Waals surface area contributed by atoms with E-state index >= 15 is 0 Å². The standard InChI is InChI=1S/C18H22ClN5O/c1-12-9-13(2)22-18(21-12)23-16-10-15(3-6-20-16)14-4-7-24(8-5-14)17(25)11-19/h3,6,9-10,14H,4-5,7-8,11H2,1-2H3,(H,20,21,22,23). The van der Waals surface area contributed by atoms with Gasteiger partial charge in [0.15, 0.2) is 0 Å². The van der Waals surface area contributed by atoms with Crippen molar-refractivity contribution in [1.29, 1.82) is 0 Å². The minimum Gasteiger partial charge on any atom is -0.342 e. The third-order valence-electron chi connectivity index (χ3n) is 4.44. The smallest absolute Gasteiger partial charge is 0.237 e. The second-order valence-electron chi connectivity index (χ2n) is 6.36. The summed E-state index contributed by atoms with van der Waals surface area (Å²) in [6.45, 7) is 5.39. The summed E-state index contributed by atoms with van der Waals surface area (Å²) in [5.41, 5.74) is 3.06. The number of hydrogen-bond donors (Lipinski definition) is 1. The zero-order valence-electron chi connectivity index (χ0n) is 14.5. The van der Waals surface area contributed by atoms with Crippen molar-refractivity contribution in [3.05, 3.63) is 41.3 Å². The lowest BCUT2D eigenvalue weighted by Crippen LogP contribution is -2.38. The van der Waals surface area contributed by atoms with Gasteiger partial charge in [0, 0.05) is 30.7 Å². The molecule has 0 spiro atoms. The number of nitrogens with one attached hydrogen (secondary N) is 1. The monoisotopic (exact) mass is 359 g/mol. The number of nitrogens with zero attached hydrogens (tertiary/aromatic N) is 4. The van der Waals surface area contributed by atoms with Gasteiger partial charge in [-0.2, -0.15) is 0 Å². The number of rotatable bonds is 4. The number of likely N-dealkylation sites (tertiary alicyclic amines) is 1. The number of anilines is 2. The summed E-state index contributed by atoms with van der Waals surface area (Å²) in [4.78, 5) is 26.7. The molecule has 1 aliphatic rings. The molecule has 3 heterocycles. The molecule has 6 nitrogen and oxygen atoms in total.